The molecule has 0 spiro atoms. The Hall–Kier alpha value is -2.88. The van der Waals surface area contributed by atoms with Gasteiger partial charge in [0.2, 0.25) is 0 Å². The quantitative estimate of drug-likeness (QED) is 0.476. The van der Waals surface area contributed by atoms with Gasteiger partial charge >= 0.3 is 11.9 Å². The highest BCUT2D eigenvalue weighted by atomic mass is 16.6. The summed E-state index contributed by atoms with van der Waals surface area (Å²) in [5.41, 5.74) is 2.43. The van der Waals surface area contributed by atoms with Gasteiger partial charge in [0, 0.05) is 18.2 Å². The van der Waals surface area contributed by atoms with Gasteiger partial charge in [-0.15, -0.1) is 0 Å². The fourth-order valence-electron chi connectivity index (χ4n) is 4.96. The van der Waals surface area contributed by atoms with Crippen LogP contribution in [0.1, 0.15) is 18.0 Å². The van der Waals surface area contributed by atoms with Crippen molar-refractivity contribution >= 4 is 17.6 Å². The number of benzene rings is 2. The van der Waals surface area contributed by atoms with Crippen LogP contribution in [0.4, 0.5) is 5.69 Å². The van der Waals surface area contributed by atoms with Crippen LogP contribution in [0.25, 0.3) is 0 Å². The van der Waals surface area contributed by atoms with Crippen molar-refractivity contribution in [2.24, 2.45) is 23.7 Å². The smallest absolute Gasteiger partial charge is 0.318 e. The van der Waals surface area contributed by atoms with E-state index in [4.69, 9.17) is 4.74 Å². The first-order chi connectivity index (χ1) is 13.2. The molecular weight excluding hydrogens is 338 g/mol. The van der Waals surface area contributed by atoms with Crippen LogP contribution in [-0.4, -0.2) is 18.5 Å². The Balaban J connectivity index is 1.50. The van der Waals surface area contributed by atoms with Gasteiger partial charge in [-0.1, -0.05) is 60.7 Å². The zero-order valence-electron chi connectivity index (χ0n) is 14.9. The van der Waals surface area contributed by atoms with Crippen LogP contribution in [0.2, 0.25) is 0 Å². The summed E-state index contributed by atoms with van der Waals surface area (Å²) in [4.78, 5) is 26.8. The Morgan fingerprint density at radius 2 is 1.59 bits per heavy atom. The van der Waals surface area contributed by atoms with Gasteiger partial charge < -0.3 is 9.64 Å². The largest absolute Gasteiger partial charge is 0.393 e. The summed E-state index contributed by atoms with van der Waals surface area (Å²) in [6, 6.07) is 21.0. The second-order valence-electron chi connectivity index (χ2n) is 7.62. The zero-order valence-corrected chi connectivity index (χ0v) is 14.9. The van der Waals surface area contributed by atoms with E-state index in [-0.39, 0.29) is 41.7 Å². The fourth-order valence-corrected chi connectivity index (χ4v) is 4.96. The molecule has 4 nitrogen and oxygen atoms in total. The summed E-state index contributed by atoms with van der Waals surface area (Å²) in [6.07, 6.45) is 4.81. The zero-order chi connectivity index (χ0) is 18.4. The van der Waals surface area contributed by atoms with E-state index in [0.717, 1.165) is 6.54 Å². The van der Waals surface area contributed by atoms with Gasteiger partial charge in [-0.25, -0.2) is 0 Å². The van der Waals surface area contributed by atoms with Crippen LogP contribution in [0, 0.1) is 23.7 Å². The maximum Gasteiger partial charge on any atom is 0.318 e. The van der Waals surface area contributed by atoms with Crippen molar-refractivity contribution in [1.29, 1.82) is 0 Å². The molecule has 0 unspecified atom stereocenters. The van der Waals surface area contributed by atoms with Crippen molar-refractivity contribution in [3.63, 3.8) is 0 Å². The van der Waals surface area contributed by atoms with E-state index in [1.807, 2.05) is 24.3 Å². The summed E-state index contributed by atoms with van der Waals surface area (Å²) < 4.78 is 4.98. The first-order valence-corrected chi connectivity index (χ1v) is 9.53. The van der Waals surface area contributed by atoms with Gasteiger partial charge in [-0.05, 0) is 30.0 Å². The van der Waals surface area contributed by atoms with Gasteiger partial charge in [0.15, 0.2) is 0 Å². The summed E-state index contributed by atoms with van der Waals surface area (Å²) in [5.74, 6) is -1.03. The van der Waals surface area contributed by atoms with Crippen molar-refractivity contribution in [3.05, 3.63) is 78.4 Å². The van der Waals surface area contributed by atoms with Gasteiger partial charge in [0.1, 0.15) is 0 Å². The van der Waals surface area contributed by atoms with Crippen LogP contribution >= 0.6 is 0 Å². The maximum atomic E-state index is 12.4. The first kappa shape index (κ1) is 16.3. The van der Waals surface area contributed by atoms with Crippen LogP contribution in [0.3, 0.4) is 0 Å². The van der Waals surface area contributed by atoms with Crippen LogP contribution in [-0.2, 0) is 14.3 Å². The number of rotatable bonds is 3. The van der Waals surface area contributed by atoms with E-state index in [9.17, 15) is 9.59 Å². The molecule has 0 saturated carbocycles. The van der Waals surface area contributed by atoms with E-state index in [2.05, 4.69) is 53.5 Å². The predicted octanol–water partition coefficient (Wildman–Crippen LogP) is 3.76. The van der Waals surface area contributed by atoms with Crippen molar-refractivity contribution in [2.75, 3.05) is 11.4 Å². The molecule has 0 aromatic heterocycles. The second kappa shape index (κ2) is 6.38. The third kappa shape index (κ3) is 2.59. The van der Waals surface area contributed by atoms with Crippen LogP contribution in [0.5, 0.6) is 0 Å². The molecular formula is C23H21NO3. The molecule has 5 rings (SSSR count). The van der Waals surface area contributed by atoms with E-state index < -0.39 is 0 Å². The number of ether oxygens (including phenoxy) is 1. The van der Waals surface area contributed by atoms with Gasteiger partial charge in [0.25, 0.3) is 0 Å². The van der Waals surface area contributed by atoms with Crippen molar-refractivity contribution < 1.29 is 14.3 Å². The highest BCUT2D eigenvalue weighted by molar-refractivity contribution is 5.97. The second-order valence-corrected chi connectivity index (χ2v) is 7.62. The molecule has 3 aliphatic rings. The Morgan fingerprint density at radius 3 is 2.33 bits per heavy atom. The van der Waals surface area contributed by atoms with Crippen LogP contribution in [0.15, 0.2) is 72.8 Å². The number of para-hydroxylation sites is 1. The molecule has 2 saturated heterocycles. The minimum Gasteiger partial charge on any atom is -0.393 e. The Morgan fingerprint density at radius 1 is 0.889 bits per heavy atom. The van der Waals surface area contributed by atoms with Gasteiger partial charge in [-0.3, -0.25) is 9.59 Å². The molecule has 2 aliphatic heterocycles. The summed E-state index contributed by atoms with van der Waals surface area (Å²) in [7, 11) is 0. The average Bonchev–Trinajstić information content (AvgIpc) is 2.97. The molecule has 1 aliphatic carbocycles. The lowest BCUT2D eigenvalue weighted by atomic mass is 9.65. The number of esters is 2. The number of anilines is 1. The van der Waals surface area contributed by atoms with Crippen molar-refractivity contribution in [2.45, 2.75) is 12.5 Å². The third-order valence-corrected chi connectivity index (χ3v) is 6.24. The normalized spacial score (nSPS) is 32.0. The lowest BCUT2D eigenvalue weighted by Crippen LogP contribution is -2.55. The van der Waals surface area contributed by atoms with Gasteiger partial charge in [-0.2, -0.15) is 0 Å². The number of hydrogen-bond donors (Lipinski definition) is 0. The summed E-state index contributed by atoms with van der Waals surface area (Å²) >= 11 is 0. The minimum absolute atomic E-state index is 0.0351. The lowest BCUT2D eigenvalue weighted by molar-refractivity contribution is -0.154. The summed E-state index contributed by atoms with van der Waals surface area (Å²) in [6.45, 7) is 0.864. The number of carbonyl (C=O) groups is 2. The highest BCUT2D eigenvalue weighted by Crippen LogP contribution is 2.51. The molecule has 5 atom stereocenters. The SMILES string of the molecule is O=C1OC(=O)[C@H]2CC=C[C@@H]([C@H]3CN(c4ccccc4)[C@@H]3c3ccccc3)[C@@H]12. The standard InChI is InChI=1S/C23H21NO3/c25-22-18-13-7-12-17(20(18)23(26)27-22)19-14-24(16-10-5-2-6-11-16)21(19)15-8-3-1-4-9-15/h1-12,17-21H,13-14H2/t17-,18-,19+,20+,21+/m0/s1. The van der Waals surface area contributed by atoms with Crippen molar-refractivity contribution in [3.8, 4) is 0 Å². The molecule has 2 aromatic rings. The van der Waals surface area contributed by atoms with E-state index in [1.54, 1.807) is 0 Å². The number of nitrogens with zero attached hydrogens (tertiary/aromatic N) is 1. The molecule has 2 fully saturated rings. The van der Waals surface area contributed by atoms with E-state index in [0.29, 0.717) is 6.42 Å². The first-order valence-electron chi connectivity index (χ1n) is 9.53. The number of hydrogen-bond acceptors (Lipinski definition) is 4. The third-order valence-electron chi connectivity index (χ3n) is 6.24. The lowest BCUT2D eigenvalue weighted by Gasteiger charge is -2.54. The Labute approximate surface area is 158 Å². The fraction of sp³-hybridized carbons (Fsp3) is 0.304. The molecule has 136 valence electrons. The molecule has 2 aromatic carbocycles. The highest BCUT2D eigenvalue weighted by Gasteiger charge is 2.55. The molecule has 0 radical (unpaired) electrons. The molecule has 0 bridgehead atoms. The van der Waals surface area contributed by atoms with Crippen LogP contribution < -0.4 is 4.90 Å². The Kier molecular flexibility index (Phi) is 3.85. The monoisotopic (exact) mass is 359 g/mol. The number of cyclic esters (lactones) is 2. The van der Waals surface area contributed by atoms with E-state index >= 15 is 0 Å². The number of fused-ring (bicyclic) bond motifs is 1. The van der Waals surface area contributed by atoms with Gasteiger partial charge in [0.05, 0.1) is 17.9 Å². The topological polar surface area (TPSA) is 46.6 Å². The molecule has 0 amide bonds. The number of allylic oxidation sites excluding steroid dienone is 2. The van der Waals surface area contributed by atoms with E-state index in [1.165, 1.54) is 11.3 Å². The predicted molar refractivity (Wildman–Crippen MR) is 102 cm³/mol. The number of carbonyl (C=O) groups excluding carboxylic acids is 2. The molecule has 27 heavy (non-hydrogen) atoms. The van der Waals surface area contributed by atoms with Crippen molar-refractivity contribution in [1.82, 2.24) is 0 Å². The average molecular weight is 359 g/mol. The maximum absolute atomic E-state index is 12.4. The summed E-state index contributed by atoms with van der Waals surface area (Å²) in [5, 5.41) is 0. The minimum atomic E-state index is -0.352. The molecule has 2 heterocycles. The Bertz CT molecular complexity index is 892. The molecule has 4 heteroatoms. The molecule has 0 N–H and O–H groups in total.